The molecule has 2 saturated heterocycles. The van der Waals surface area contributed by atoms with Crippen LogP contribution in [0, 0.1) is 11.8 Å². The molecule has 2 aliphatic rings. The maximum absolute atomic E-state index is 5.58. The molecule has 1 aromatic heterocycles. The molecule has 0 spiro atoms. The van der Waals surface area contributed by atoms with E-state index in [1.54, 1.807) is 7.11 Å². The molecule has 0 bridgehead atoms. The lowest BCUT2D eigenvalue weighted by Crippen LogP contribution is -2.54. The van der Waals surface area contributed by atoms with Crippen LogP contribution in [0.25, 0.3) is 0 Å². The molecule has 0 aromatic carbocycles. The number of ether oxygens (including phenoxy) is 2. The van der Waals surface area contributed by atoms with Gasteiger partial charge in [-0.05, 0) is 37.3 Å². The van der Waals surface area contributed by atoms with E-state index in [1.807, 2.05) is 18.3 Å². The van der Waals surface area contributed by atoms with E-state index in [-0.39, 0.29) is 23.0 Å². The van der Waals surface area contributed by atoms with Gasteiger partial charge in [0.05, 0.1) is 6.61 Å². The van der Waals surface area contributed by atoms with Crippen molar-refractivity contribution in [3.8, 4) is 0 Å². The van der Waals surface area contributed by atoms with Crippen LogP contribution in [0.3, 0.4) is 0 Å². The molecule has 8 heteroatoms. The number of hydrogen-bond donors (Lipinski definition) is 1. The number of nitrogens with one attached hydrogen (secondary N) is 1. The van der Waals surface area contributed by atoms with E-state index < -0.39 is 0 Å². The molecular weight excluding hydrogens is 434 g/mol. The number of piperazine rings is 1. The molecule has 0 aliphatic carbocycles. The second-order valence-electron chi connectivity index (χ2n) is 7.93. The molecule has 3 unspecified atom stereocenters. The van der Waals surface area contributed by atoms with E-state index in [2.05, 4.69) is 40.0 Å². The summed E-state index contributed by atoms with van der Waals surface area (Å²) in [4.78, 5) is 14.2. The Hall–Kier alpha value is -1.38. The minimum atomic E-state index is 0. The van der Waals surface area contributed by atoms with E-state index in [0.29, 0.717) is 18.4 Å². The van der Waals surface area contributed by atoms with Gasteiger partial charge < -0.3 is 24.6 Å². The van der Waals surface area contributed by atoms with Gasteiger partial charge in [0.1, 0.15) is 5.82 Å². The third kappa shape index (κ3) is 7.12. The lowest BCUT2D eigenvalue weighted by Gasteiger charge is -2.38. The van der Waals surface area contributed by atoms with Crippen molar-refractivity contribution in [3.63, 3.8) is 0 Å². The fraction of sp³-hybridized carbons (Fsp3) is 0.714. The van der Waals surface area contributed by atoms with Crippen LogP contribution in [-0.2, 0) is 9.47 Å². The second-order valence-corrected chi connectivity index (χ2v) is 7.93. The number of aliphatic imine (C=N–C) groups is 1. The first-order valence-corrected chi connectivity index (χ1v) is 10.5. The molecule has 1 aromatic rings. The van der Waals surface area contributed by atoms with Gasteiger partial charge in [0.2, 0.25) is 0 Å². The summed E-state index contributed by atoms with van der Waals surface area (Å²) in [6, 6.07) is 6.31. The molecule has 29 heavy (non-hydrogen) atoms. The molecular formula is C21H36BrN5O2. The third-order valence-corrected chi connectivity index (χ3v) is 5.64. The number of hydrogen-bond acceptors (Lipinski definition) is 5. The van der Waals surface area contributed by atoms with Crippen molar-refractivity contribution >= 4 is 28.8 Å². The predicted molar refractivity (Wildman–Crippen MR) is 123 cm³/mol. The second kappa shape index (κ2) is 12.3. The van der Waals surface area contributed by atoms with Crippen LogP contribution < -0.4 is 10.2 Å². The number of methoxy groups -OCH3 is 1. The average molecular weight is 470 g/mol. The van der Waals surface area contributed by atoms with Crippen molar-refractivity contribution in [2.24, 2.45) is 16.8 Å². The smallest absolute Gasteiger partial charge is 0.194 e. The predicted octanol–water partition coefficient (Wildman–Crippen LogP) is 2.43. The molecule has 2 fully saturated rings. The molecule has 0 amide bonds. The van der Waals surface area contributed by atoms with Crippen molar-refractivity contribution < 1.29 is 9.47 Å². The lowest BCUT2D eigenvalue weighted by atomic mass is 9.90. The Balaban J connectivity index is 0.00000300. The third-order valence-electron chi connectivity index (χ3n) is 5.64. The van der Waals surface area contributed by atoms with Gasteiger partial charge in [0, 0.05) is 65.3 Å². The number of halogens is 1. The number of guanidine groups is 1. The van der Waals surface area contributed by atoms with Crippen LogP contribution in [0.2, 0.25) is 0 Å². The first-order valence-electron chi connectivity index (χ1n) is 10.5. The van der Waals surface area contributed by atoms with Crippen LogP contribution in [0.5, 0.6) is 0 Å². The summed E-state index contributed by atoms with van der Waals surface area (Å²) in [5.41, 5.74) is 0. The highest BCUT2D eigenvalue weighted by Gasteiger charge is 2.24. The largest absolute Gasteiger partial charge is 0.383 e. The van der Waals surface area contributed by atoms with Gasteiger partial charge in [-0.25, -0.2) is 4.98 Å². The monoisotopic (exact) mass is 469 g/mol. The Morgan fingerprint density at radius 1 is 1.34 bits per heavy atom. The van der Waals surface area contributed by atoms with Crippen molar-refractivity contribution in [2.45, 2.75) is 26.3 Å². The number of pyridine rings is 1. The van der Waals surface area contributed by atoms with Gasteiger partial charge in [-0.2, -0.15) is 0 Å². The zero-order valence-electron chi connectivity index (χ0n) is 17.9. The Morgan fingerprint density at radius 2 is 2.14 bits per heavy atom. The molecule has 7 nitrogen and oxygen atoms in total. The normalized spacial score (nSPS) is 24.0. The van der Waals surface area contributed by atoms with Crippen LogP contribution >= 0.6 is 17.0 Å². The van der Waals surface area contributed by atoms with Crippen LogP contribution in [0.4, 0.5) is 5.82 Å². The zero-order chi connectivity index (χ0) is 19.8. The van der Waals surface area contributed by atoms with Crippen LogP contribution in [0.1, 0.15) is 20.3 Å². The van der Waals surface area contributed by atoms with Gasteiger partial charge in [-0.3, -0.25) is 4.99 Å². The van der Waals surface area contributed by atoms with Gasteiger partial charge in [0.25, 0.3) is 0 Å². The Bertz CT molecular complexity index is 610. The maximum Gasteiger partial charge on any atom is 0.194 e. The van der Waals surface area contributed by atoms with Crippen molar-refractivity contribution in [1.29, 1.82) is 0 Å². The van der Waals surface area contributed by atoms with E-state index in [1.165, 1.54) is 0 Å². The van der Waals surface area contributed by atoms with Crippen molar-refractivity contribution in [2.75, 3.05) is 64.6 Å². The van der Waals surface area contributed by atoms with Gasteiger partial charge >= 0.3 is 0 Å². The highest BCUT2D eigenvalue weighted by molar-refractivity contribution is 8.93. The molecule has 0 saturated carbocycles. The van der Waals surface area contributed by atoms with E-state index in [9.17, 15) is 0 Å². The van der Waals surface area contributed by atoms with Crippen molar-refractivity contribution in [1.82, 2.24) is 15.2 Å². The highest BCUT2D eigenvalue weighted by Crippen LogP contribution is 2.21. The maximum atomic E-state index is 5.58. The minimum Gasteiger partial charge on any atom is -0.383 e. The van der Waals surface area contributed by atoms with E-state index in [0.717, 1.165) is 64.1 Å². The zero-order valence-corrected chi connectivity index (χ0v) is 19.6. The Labute approximate surface area is 185 Å². The van der Waals surface area contributed by atoms with Gasteiger partial charge in [-0.1, -0.05) is 13.0 Å². The lowest BCUT2D eigenvalue weighted by molar-refractivity contribution is 0.0272. The standard InChI is InChI=1S/C21H35N5O2.BrH/c1-17-15-28-13-7-19(17)14-23-21(24-18(2)16-27-3)26-11-9-25(10-12-26)20-6-4-5-8-22-20;/h4-6,8,17-19H,7,9-16H2,1-3H3,(H,23,24);1H. The molecule has 3 atom stereocenters. The summed E-state index contributed by atoms with van der Waals surface area (Å²) in [5, 5.41) is 3.58. The molecule has 164 valence electrons. The number of anilines is 1. The molecule has 1 N–H and O–H groups in total. The first kappa shape index (κ1) is 23.9. The van der Waals surface area contributed by atoms with Gasteiger partial charge in [0.15, 0.2) is 5.96 Å². The summed E-state index contributed by atoms with van der Waals surface area (Å²) in [7, 11) is 1.74. The van der Waals surface area contributed by atoms with Crippen LogP contribution in [0.15, 0.2) is 29.4 Å². The number of rotatable bonds is 6. The highest BCUT2D eigenvalue weighted by atomic mass is 79.9. The van der Waals surface area contributed by atoms with E-state index >= 15 is 0 Å². The summed E-state index contributed by atoms with van der Waals surface area (Å²) >= 11 is 0. The molecule has 0 radical (unpaired) electrons. The fourth-order valence-electron chi connectivity index (χ4n) is 3.84. The quantitative estimate of drug-likeness (QED) is 0.509. The summed E-state index contributed by atoms with van der Waals surface area (Å²) in [6.45, 7) is 11.4. The Kier molecular flexibility index (Phi) is 10.2. The molecule has 3 heterocycles. The summed E-state index contributed by atoms with van der Waals surface area (Å²) in [5.74, 6) is 3.22. The Morgan fingerprint density at radius 3 is 2.79 bits per heavy atom. The first-order chi connectivity index (χ1) is 13.7. The molecule has 3 rings (SSSR count). The number of nitrogens with zero attached hydrogens (tertiary/aromatic N) is 4. The van der Waals surface area contributed by atoms with Gasteiger partial charge in [-0.15, -0.1) is 17.0 Å². The van der Waals surface area contributed by atoms with Crippen molar-refractivity contribution in [3.05, 3.63) is 24.4 Å². The SMILES string of the molecule is Br.COCC(C)NC(=NCC1CCOCC1C)N1CCN(c2ccccn2)CC1. The average Bonchev–Trinajstić information content (AvgIpc) is 2.73. The number of aromatic nitrogens is 1. The minimum absolute atomic E-state index is 0. The van der Waals surface area contributed by atoms with Crippen LogP contribution in [-0.4, -0.2) is 81.5 Å². The molecule has 2 aliphatic heterocycles. The van der Waals surface area contributed by atoms with E-state index in [4.69, 9.17) is 14.5 Å². The summed E-state index contributed by atoms with van der Waals surface area (Å²) < 4.78 is 10.9. The fourth-order valence-corrected chi connectivity index (χ4v) is 3.84. The topological polar surface area (TPSA) is 62.2 Å². The summed E-state index contributed by atoms with van der Waals surface area (Å²) in [6.07, 6.45) is 2.96.